The molecular formula is C10H17F3N2O. The molecule has 1 heterocycles. The SMILES string of the molecule is CCCC(N1NC(=O)CC1(C)C)C(F)(F)F. The Bertz CT molecular complexity index is 276. The number of rotatable bonds is 3. The number of halogens is 3. The Balaban J connectivity index is 2.91. The van der Waals surface area contributed by atoms with Gasteiger partial charge in [0.15, 0.2) is 0 Å². The smallest absolute Gasteiger partial charge is 0.288 e. The Labute approximate surface area is 93.0 Å². The number of hydrogen-bond donors (Lipinski definition) is 1. The standard InChI is InChI=1S/C10H17F3N2O/c1-4-5-7(10(11,12)13)15-9(2,3)6-8(16)14-15/h7H,4-6H2,1-3H3,(H,14,16). The van der Waals surface area contributed by atoms with Crippen LogP contribution in [0.5, 0.6) is 0 Å². The summed E-state index contributed by atoms with van der Waals surface area (Å²) in [6.45, 7) is 4.97. The number of carbonyl (C=O) groups is 1. The molecule has 1 unspecified atom stereocenters. The minimum absolute atomic E-state index is 0.00674. The minimum atomic E-state index is -4.31. The van der Waals surface area contributed by atoms with Gasteiger partial charge in [0.2, 0.25) is 5.91 Å². The maximum absolute atomic E-state index is 12.8. The predicted molar refractivity (Wildman–Crippen MR) is 53.4 cm³/mol. The van der Waals surface area contributed by atoms with Crippen LogP contribution in [0, 0.1) is 0 Å². The van der Waals surface area contributed by atoms with Gasteiger partial charge >= 0.3 is 6.18 Å². The van der Waals surface area contributed by atoms with Gasteiger partial charge in [0.05, 0.1) is 0 Å². The molecule has 0 bridgehead atoms. The van der Waals surface area contributed by atoms with Crippen LogP contribution in [0.4, 0.5) is 13.2 Å². The fourth-order valence-corrected chi connectivity index (χ4v) is 2.02. The summed E-state index contributed by atoms with van der Waals surface area (Å²) in [5.41, 5.74) is 1.52. The summed E-state index contributed by atoms with van der Waals surface area (Å²) in [6, 6.07) is -1.60. The molecule has 94 valence electrons. The molecule has 1 rings (SSSR count). The molecule has 0 aromatic carbocycles. The second kappa shape index (κ2) is 4.24. The maximum atomic E-state index is 12.8. The lowest BCUT2D eigenvalue weighted by Gasteiger charge is -2.37. The third-order valence-electron chi connectivity index (χ3n) is 2.74. The van der Waals surface area contributed by atoms with Crippen LogP contribution in [0.1, 0.15) is 40.0 Å². The van der Waals surface area contributed by atoms with Crippen LogP contribution in [-0.2, 0) is 4.79 Å². The molecule has 1 N–H and O–H groups in total. The van der Waals surface area contributed by atoms with Crippen molar-refractivity contribution in [2.45, 2.75) is 57.8 Å². The lowest BCUT2D eigenvalue weighted by molar-refractivity contribution is -0.202. The van der Waals surface area contributed by atoms with Gasteiger partial charge in [0.25, 0.3) is 0 Å². The van der Waals surface area contributed by atoms with Gasteiger partial charge in [-0.25, -0.2) is 5.01 Å². The van der Waals surface area contributed by atoms with E-state index in [1.807, 2.05) is 0 Å². The molecule has 1 amide bonds. The third-order valence-corrected chi connectivity index (χ3v) is 2.74. The molecule has 1 aliphatic heterocycles. The van der Waals surface area contributed by atoms with Crippen molar-refractivity contribution in [1.29, 1.82) is 0 Å². The number of nitrogens with one attached hydrogen (secondary N) is 1. The van der Waals surface area contributed by atoms with Gasteiger partial charge in [-0.15, -0.1) is 0 Å². The van der Waals surface area contributed by atoms with Crippen molar-refractivity contribution >= 4 is 5.91 Å². The molecule has 1 fully saturated rings. The summed E-state index contributed by atoms with van der Waals surface area (Å²) < 4.78 is 38.5. The van der Waals surface area contributed by atoms with Crippen LogP contribution >= 0.6 is 0 Å². The summed E-state index contributed by atoms with van der Waals surface area (Å²) in [6.07, 6.45) is -3.80. The van der Waals surface area contributed by atoms with E-state index >= 15 is 0 Å². The van der Waals surface area contributed by atoms with Crippen molar-refractivity contribution in [1.82, 2.24) is 10.4 Å². The van der Waals surface area contributed by atoms with E-state index in [1.54, 1.807) is 20.8 Å². The quantitative estimate of drug-likeness (QED) is 0.817. The van der Waals surface area contributed by atoms with Crippen LogP contribution in [0.15, 0.2) is 0 Å². The number of carbonyl (C=O) groups excluding carboxylic acids is 1. The highest BCUT2D eigenvalue weighted by atomic mass is 19.4. The average Bonchev–Trinajstić information content (AvgIpc) is 2.33. The van der Waals surface area contributed by atoms with E-state index in [0.717, 1.165) is 5.01 Å². The van der Waals surface area contributed by atoms with Gasteiger partial charge in [-0.2, -0.15) is 13.2 Å². The summed E-state index contributed by atoms with van der Waals surface area (Å²) in [5, 5.41) is 1.05. The fraction of sp³-hybridized carbons (Fsp3) is 0.900. The van der Waals surface area contributed by atoms with Crippen molar-refractivity contribution in [2.24, 2.45) is 0 Å². The number of hydrogen-bond acceptors (Lipinski definition) is 2. The molecule has 6 heteroatoms. The lowest BCUT2D eigenvalue weighted by atomic mass is 9.98. The van der Waals surface area contributed by atoms with E-state index in [9.17, 15) is 18.0 Å². The summed E-state index contributed by atoms with van der Waals surface area (Å²) in [7, 11) is 0. The highest BCUT2D eigenvalue weighted by molar-refractivity contribution is 5.78. The molecule has 3 nitrogen and oxygen atoms in total. The Morgan fingerprint density at radius 2 is 2.06 bits per heavy atom. The molecule has 0 spiro atoms. The maximum Gasteiger partial charge on any atom is 0.405 e. The van der Waals surface area contributed by atoms with Gasteiger partial charge in [-0.3, -0.25) is 10.2 Å². The monoisotopic (exact) mass is 238 g/mol. The first-order valence-corrected chi connectivity index (χ1v) is 5.34. The highest BCUT2D eigenvalue weighted by Gasteiger charge is 2.51. The van der Waals surface area contributed by atoms with Gasteiger partial charge in [-0.05, 0) is 20.3 Å². The van der Waals surface area contributed by atoms with Crippen molar-refractivity contribution in [3.63, 3.8) is 0 Å². The topological polar surface area (TPSA) is 32.3 Å². The first kappa shape index (κ1) is 13.3. The molecule has 1 saturated heterocycles. The van der Waals surface area contributed by atoms with Gasteiger partial charge < -0.3 is 0 Å². The number of hydrazine groups is 1. The van der Waals surface area contributed by atoms with E-state index < -0.39 is 17.8 Å². The van der Waals surface area contributed by atoms with Crippen LogP contribution in [0.25, 0.3) is 0 Å². The van der Waals surface area contributed by atoms with E-state index in [2.05, 4.69) is 5.43 Å². The molecular weight excluding hydrogens is 221 g/mol. The summed E-state index contributed by atoms with van der Waals surface area (Å²) in [4.78, 5) is 11.2. The summed E-state index contributed by atoms with van der Waals surface area (Å²) in [5.74, 6) is -0.352. The Hall–Kier alpha value is -0.780. The normalized spacial score (nSPS) is 23.2. The highest BCUT2D eigenvalue weighted by Crippen LogP contribution is 2.35. The van der Waals surface area contributed by atoms with Crippen molar-refractivity contribution in [2.75, 3.05) is 0 Å². The second-order valence-electron chi connectivity index (χ2n) is 4.74. The zero-order chi connectivity index (χ0) is 12.6. The second-order valence-corrected chi connectivity index (χ2v) is 4.74. The first-order valence-electron chi connectivity index (χ1n) is 5.34. The molecule has 0 radical (unpaired) electrons. The van der Waals surface area contributed by atoms with Crippen LogP contribution in [-0.4, -0.2) is 28.7 Å². The van der Waals surface area contributed by atoms with Crippen LogP contribution in [0.3, 0.4) is 0 Å². The Morgan fingerprint density at radius 3 is 2.38 bits per heavy atom. The van der Waals surface area contributed by atoms with Crippen molar-refractivity contribution < 1.29 is 18.0 Å². The van der Waals surface area contributed by atoms with Gasteiger partial charge in [0, 0.05) is 12.0 Å². The largest absolute Gasteiger partial charge is 0.405 e. The van der Waals surface area contributed by atoms with Gasteiger partial charge in [0.1, 0.15) is 6.04 Å². The zero-order valence-corrected chi connectivity index (χ0v) is 9.69. The van der Waals surface area contributed by atoms with Crippen molar-refractivity contribution in [3.8, 4) is 0 Å². The molecule has 1 aliphatic rings. The molecule has 0 aliphatic carbocycles. The Morgan fingerprint density at radius 1 is 1.50 bits per heavy atom. The van der Waals surface area contributed by atoms with Crippen LogP contribution < -0.4 is 5.43 Å². The van der Waals surface area contributed by atoms with Gasteiger partial charge in [-0.1, -0.05) is 13.3 Å². The summed E-state index contributed by atoms with van der Waals surface area (Å²) >= 11 is 0. The molecule has 16 heavy (non-hydrogen) atoms. The molecule has 0 aromatic rings. The number of amides is 1. The minimum Gasteiger partial charge on any atom is -0.288 e. The Kier molecular flexibility index (Phi) is 3.52. The van der Waals surface area contributed by atoms with E-state index in [0.29, 0.717) is 6.42 Å². The molecule has 1 atom stereocenters. The van der Waals surface area contributed by atoms with E-state index in [1.165, 1.54) is 0 Å². The lowest BCUT2D eigenvalue weighted by Crippen LogP contribution is -2.56. The van der Waals surface area contributed by atoms with Crippen LogP contribution in [0.2, 0.25) is 0 Å². The zero-order valence-electron chi connectivity index (χ0n) is 9.69. The van der Waals surface area contributed by atoms with E-state index in [4.69, 9.17) is 0 Å². The molecule has 0 saturated carbocycles. The van der Waals surface area contributed by atoms with E-state index in [-0.39, 0.29) is 18.7 Å². The molecule has 0 aromatic heterocycles. The number of nitrogens with zero attached hydrogens (tertiary/aromatic N) is 1. The fourth-order valence-electron chi connectivity index (χ4n) is 2.02. The first-order chi connectivity index (χ1) is 7.18. The number of alkyl halides is 3. The average molecular weight is 238 g/mol. The van der Waals surface area contributed by atoms with Crippen molar-refractivity contribution in [3.05, 3.63) is 0 Å². The third kappa shape index (κ3) is 2.66. The predicted octanol–water partition coefficient (Wildman–Crippen LogP) is 2.23.